The molecule has 11 heteroatoms. The summed E-state index contributed by atoms with van der Waals surface area (Å²) in [6, 6.07) is 2.06. The van der Waals surface area contributed by atoms with Crippen molar-refractivity contribution in [3.63, 3.8) is 0 Å². The van der Waals surface area contributed by atoms with Crippen molar-refractivity contribution in [1.29, 1.82) is 5.26 Å². The van der Waals surface area contributed by atoms with E-state index >= 15 is 0 Å². The van der Waals surface area contributed by atoms with Crippen LogP contribution >= 0.6 is 11.8 Å². The SMILES string of the molecule is C[C@@](C#N)(NC(=O)CSc1nnc(C(F)(F)F)n1N)C1CC1. The molecule has 0 spiro atoms. The smallest absolute Gasteiger partial charge is 0.337 e. The lowest BCUT2D eigenvalue weighted by molar-refractivity contribution is -0.146. The van der Waals surface area contributed by atoms with Crippen molar-refractivity contribution in [2.45, 2.75) is 36.6 Å². The van der Waals surface area contributed by atoms with Gasteiger partial charge in [0.05, 0.1) is 11.8 Å². The Labute approximate surface area is 128 Å². The van der Waals surface area contributed by atoms with Gasteiger partial charge in [0, 0.05) is 0 Å². The fourth-order valence-corrected chi connectivity index (χ4v) is 2.56. The average Bonchev–Trinajstić information content (AvgIpc) is 3.20. The number of hydrogen-bond acceptors (Lipinski definition) is 6. The zero-order valence-corrected chi connectivity index (χ0v) is 12.3. The fourth-order valence-electron chi connectivity index (χ4n) is 1.91. The molecule has 0 unspecified atom stereocenters. The van der Waals surface area contributed by atoms with E-state index in [0.717, 1.165) is 24.6 Å². The average molecular weight is 334 g/mol. The molecule has 0 saturated heterocycles. The maximum absolute atomic E-state index is 12.5. The molecule has 22 heavy (non-hydrogen) atoms. The number of thioether (sulfide) groups is 1. The van der Waals surface area contributed by atoms with Gasteiger partial charge in [0.1, 0.15) is 5.54 Å². The topological polar surface area (TPSA) is 110 Å². The van der Waals surface area contributed by atoms with Crippen LogP contribution in [-0.4, -0.2) is 32.1 Å². The quantitative estimate of drug-likeness (QED) is 0.612. The van der Waals surface area contributed by atoms with Gasteiger partial charge < -0.3 is 11.2 Å². The number of nitrogens with two attached hydrogens (primary N) is 1. The van der Waals surface area contributed by atoms with Crippen molar-refractivity contribution >= 4 is 17.7 Å². The Morgan fingerprint density at radius 2 is 2.18 bits per heavy atom. The number of amides is 1. The summed E-state index contributed by atoms with van der Waals surface area (Å²) in [6.45, 7) is 1.63. The second-order valence-electron chi connectivity index (χ2n) is 5.10. The van der Waals surface area contributed by atoms with Crippen LogP contribution in [0.1, 0.15) is 25.6 Å². The van der Waals surface area contributed by atoms with E-state index in [1.165, 1.54) is 0 Å². The number of carbonyl (C=O) groups excluding carboxylic acids is 1. The molecule has 1 saturated carbocycles. The van der Waals surface area contributed by atoms with E-state index < -0.39 is 23.4 Å². The Balaban J connectivity index is 1.95. The van der Waals surface area contributed by atoms with E-state index in [0.29, 0.717) is 4.68 Å². The van der Waals surface area contributed by atoms with Crippen LogP contribution in [0, 0.1) is 17.2 Å². The van der Waals surface area contributed by atoms with Crippen molar-refractivity contribution in [1.82, 2.24) is 20.2 Å². The second kappa shape index (κ2) is 5.68. The number of hydrogen-bond donors (Lipinski definition) is 2. The Kier molecular flexibility index (Phi) is 4.23. The summed E-state index contributed by atoms with van der Waals surface area (Å²) in [5.74, 6) is 3.34. The molecule has 1 aromatic rings. The monoisotopic (exact) mass is 334 g/mol. The van der Waals surface area contributed by atoms with Gasteiger partial charge in [-0.2, -0.15) is 18.4 Å². The number of nitriles is 1. The second-order valence-corrected chi connectivity index (χ2v) is 6.04. The van der Waals surface area contributed by atoms with Gasteiger partial charge in [0.25, 0.3) is 5.82 Å². The third-order valence-electron chi connectivity index (χ3n) is 3.28. The van der Waals surface area contributed by atoms with Gasteiger partial charge in [0.15, 0.2) is 0 Å². The Hall–Kier alpha value is -1.96. The molecule has 0 aliphatic heterocycles. The van der Waals surface area contributed by atoms with Crippen molar-refractivity contribution in [3.8, 4) is 6.07 Å². The minimum absolute atomic E-state index is 0.112. The van der Waals surface area contributed by atoms with Crippen LogP contribution < -0.4 is 11.2 Å². The zero-order valence-electron chi connectivity index (χ0n) is 11.5. The lowest BCUT2D eigenvalue weighted by atomic mass is 9.98. The number of nitrogen functional groups attached to an aromatic ring is 1. The highest BCUT2D eigenvalue weighted by molar-refractivity contribution is 7.99. The lowest BCUT2D eigenvalue weighted by Crippen LogP contribution is -2.47. The van der Waals surface area contributed by atoms with Gasteiger partial charge in [0.2, 0.25) is 11.1 Å². The lowest BCUT2D eigenvalue weighted by Gasteiger charge is -2.22. The first-order chi connectivity index (χ1) is 10.2. The van der Waals surface area contributed by atoms with Gasteiger partial charge in [-0.15, -0.1) is 10.2 Å². The van der Waals surface area contributed by atoms with Gasteiger partial charge in [-0.1, -0.05) is 11.8 Å². The number of alkyl halides is 3. The summed E-state index contributed by atoms with van der Waals surface area (Å²) < 4.78 is 37.8. The van der Waals surface area contributed by atoms with Crippen LogP contribution in [0.5, 0.6) is 0 Å². The minimum Gasteiger partial charge on any atom is -0.337 e. The predicted molar refractivity (Wildman–Crippen MR) is 70.8 cm³/mol. The van der Waals surface area contributed by atoms with Crippen molar-refractivity contribution < 1.29 is 18.0 Å². The van der Waals surface area contributed by atoms with E-state index in [2.05, 4.69) is 21.6 Å². The van der Waals surface area contributed by atoms with Crippen LogP contribution in [0.25, 0.3) is 0 Å². The molecule has 0 bridgehead atoms. The number of aromatic nitrogens is 3. The molecule has 0 aromatic carbocycles. The molecule has 1 fully saturated rings. The molecule has 0 radical (unpaired) electrons. The number of carbonyl (C=O) groups is 1. The molecule has 120 valence electrons. The van der Waals surface area contributed by atoms with Crippen LogP contribution in [0.3, 0.4) is 0 Å². The maximum atomic E-state index is 12.5. The molecule has 1 heterocycles. The van der Waals surface area contributed by atoms with E-state index in [1.807, 2.05) is 0 Å². The first kappa shape index (κ1) is 16.4. The number of nitrogens with one attached hydrogen (secondary N) is 1. The first-order valence-electron chi connectivity index (χ1n) is 6.30. The van der Waals surface area contributed by atoms with Crippen LogP contribution in [-0.2, 0) is 11.0 Å². The molecular weight excluding hydrogens is 321 g/mol. The van der Waals surface area contributed by atoms with Gasteiger partial charge in [-0.25, -0.2) is 4.68 Å². The van der Waals surface area contributed by atoms with E-state index in [4.69, 9.17) is 11.1 Å². The molecule has 1 aliphatic rings. The summed E-state index contributed by atoms with van der Waals surface area (Å²) >= 11 is 0.718. The summed E-state index contributed by atoms with van der Waals surface area (Å²) in [4.78, 5) is 11.8. The molecular formula is C11H13F3N6OS. The predicted octanol–water partition coefficient (Wildman–Crippen LogP) is 0.911. The summed E-state index contributed by atoms with van der Waals surface area (Å²) in [5, 5.41) is 17.7. The van der Waals surface area contributed by atoms with Gasteiger partial charge >= 0.3 is 6.18 Å². The van der Waals surface area contributed by atoms with Crippen LogP contribution in [0.2, 0.25) is 0 Å². The Bertz CT molecular complexity index is 620. The highest BCUT2D eigenvalue weighted by atomic mass is 32.2. The molecule has 3 N–H and O–H groups in total. The summed E-state index contributed by atoms with van der Waals surface area (Å²) in [7, 11) is 0. The van der Waals surface area contributed by atoms with Gasteiger partial charge in [-0.3, -0.25) is 4.79 Å². The minimum atomic E-state index is -4.71. The molecule has 1 aromatic heterocycles. The molecule has 1 amide bonds. The third-order valence-corrected chi connectivity index (χ3v) is 4.22. The molecule has 1 atom stereocenters. The Morgan fingerprint density at radius 3 is 2.64 bits per heavy atom. The van der Waals surface area contributed by atoms with Crippen LogP contribution in [0.4, 0.5) is 13.2 Å². The number of nitrogens with zero attached hydrogens (tertiary/aromatic N) is 4. The standard InChI is InChI=1S/C11H13F3N6OS/c1-10(5-15,6-2-3-6)17-7(21)4-22-9-19-18-8(20(9)16)11(12,13)14/h6H,2-4,16H2,1H3,(H,17,21)/t10-/m0/s1. The molecule has 7 nitrogen and oxygen atoms in total. The maximum Gasteiger partial charge on any atom is 0.453 e. The van der Waals surface area contributed by atoms with Crippen molar-refractivity contribution in [3.05, 3.63) is 5.82 Å². The highest BCUT2D eigenvalue weighted by Gasteiger charge is 2.43. The first-order valence-corrected chi connectivity index (χ1v) is 7.28. The van der Waals surface area contributed by atoms with E-state index in [9.17, 15) is 18.0 Å². The van der Waals surface area contributed by atoms with Crippen molar-refractivity contribution in [2.24, 2.45) is 5.92 Å². The van der Waals surface area contributed by atoms with E-state index in [1.54, 1.807) is 6.92 Å². The number of rotatable bonds is 5. The van der Waals surface area contributed by atoms with Crippen LogP contribution in [0.15, 0.2) is 5.16 Å². The van der Waals surface area contributed by atoms with Crippen molar-refractivity contribution in [2.75, 3.05) is 11.6 Å². The highest BCUT2D eigenvalue weighted by Crippen LogP contribution is 2.39. The normalized spacial score (nSPS) is 17.6. The molecule has 2 rings (SSSR count). The summed E-state index contributed by atoms with van der Waals surface area (Å²) in [6.07, 6.45) is -2.98. The summed E-state index contributed by atoms with van der Waals surface area (Å²) in [5.41, 5.74) is -0.953. The zero-order chi connectivity index (χ0) is 16.5. The largest absolute Gasteiger partial charge is 0.453 e. The fraction of sp³-hybridized carbons (Fsp3) is 0.636. The van der Waals surface area contributed by atoms with Gasteiger partial charge in [-0.05, 0) is 25.7 Å². The Morgan fingerprint density at radius 1 is 1.55 bits per heavy atom. The number of halogens is 3. The molecule has 1 aliphatic carbocycles. The van der Waals surface area contributed by atoms with E-state index in [-0.39, 0.29) is 16.8 Å². The third kappa shape index (κ3) is 3.44.